The van der Waals surface area contributed by atoms with Gasteiger partial charge in [0.1, 0.15) is 23.9 Å². The van der Waals surface area contributed by atoms with Crippen LogP contribution in [0.4, 0.5) is 0 Å². The van der Waals surface area contributed by atoms with Crippen LogP contribution in [0.15, 0.2) is 60.7 Å². The second kappa shape index (κ2) is 11.4. The van der Waals surface area contributed by atoms with E-state index in [1.807, 2.05) is 19.1 Å². The summed E-state index contributed by atoms with van der Waals surface area (Å²) in [6.07, 6.45) is 1.66. The first-order valence-corrected chi connectivity index (χ1v) is 12.0. The number of likely N-dealkylation sites (tertiary alicyclic amines) is 1. The number of methoxy groups -OCH3 is 1. The van der Waals surface area contributed by atoms with Crippen molar-refractivity contribution in [3.05, 3.63) is 77.4 Å². The summed E-state index contributed by atoms with van der Waals surface area (Å²) in [5.74, 6) is -0.198. The minimum absolute atomic E-state index is 0.0753. The quantitative estimate of drug-likeness (QED) is 0.249. The highest BCUT2D eigenvalue weighted by molar-refractivity contribution is 6.46. The average Bonchev–Trinajstić information content (AvgIpc) is 3.16. The van der Waals surface area contributed by atoms with Gasteiger partial charge in [0.25, 0.3) is 11.7 Å². The molecule has 2 aliphatic heterocycles. The molecule has 0 spiro atoms. The number of rotatable bonds is 9. The molecule has 1 unspecified atom stereocenters. The van der Waals surface area contributed by atoms with Gasteiger partial charge in [-0.1, -0.05) is 24.8 Å². The summed E-state index contributed by atoms with van der Waals surface area (Å²) in [7, 11) is 1.57. The number of ketones is 1. The van der Waals surface area contributed by atoms with E-state index in [1.165, 1.54) is 0 Å². The highest BCUT2D eigenvalue weighted by Gasteiger charge is 2.46. The Labute approximate surface area is 211 Å². The van der Waals surface area contributed by atoms with Crippen LogP contribution in [-0.2, 0) is 14.3 Å². The smallest absolute Gasteiger partial charge is 0.295 e. The van der Waals surface area contributed by atoms with Crippen LogP contribution in [0.5, 0.6) is 11.5 Å². The SMILES string of the molecule is C=CCOc1ccc(C2C(=C(O)c3ccc(OC)c(C)c3)C(=O)C(=O)N2CCN2CCOCC2)cc1. The normalized spacial score (nSPS) is 19.9. The highest BCUT2D eigenvalue weighted by Crippen LogP contribution is 2.40. The number of carbonyl (C=O) groups is 2. The molecule has 2 aromatic carbocycles. The Morgan fingerprint density at radius 3 is 2.50 bits per heavy atom. The second-order valence-electron chi connectivity index (χ2n) is 8.80. The Kier molecular flexibility index (Phi) is 8.07. The summed E-state index contributed by atoms with van der Waals surface area (Å²) in [5.41, 5.74) is 2.05. The van der Waals surface area contributed by atoms with E-state index in [9.17, 15) is 14.7 Å². The maximum Gasteiger partial charge on any atom is 0.295 e. The molecule has 8 nitrogen and oxygen atoms in total. The third kappa shape index (κ3) is 5.29. The van der Waals surface area contributed by atoms with E-state index in [0.29, 0.717) is 55.5 Å². The Morgan fingerprint density at radius 1 is 1.14 bits per heavy atom. The molecule has 0 aromatic heterocycles. The molecule has 36 heavy (non-hydrogen) atoms. The van der Waals surface area contributed by atoms with E-state index >= 15 is 0 Å². The van der Waals surface area contributed by atoms with Crippen molar-refractivity contribution in [2.75, 3.05) is 53.1 Å². The van der Waals surface area contributed by atoms with Crippen molar-refractivity contribution in [2.24, 2.45) is 0 Å². The molecule has 2 heterocycles. The lowest BCUT2D eigenvalue weighted by molar-refractivity contribution is -0.140. The van der Waals surface area contributed by atoms with Crippen molar-refractivity contribution in [3.8, 4) is 11.5 Å². The van der Waals surface area contributed by atoms with Gasteiger partial charge in [0.2, 0.25) is 0 Å². The van der Waals surface area contributed by atoms with E-state index < -0.39 is 17.7 Å². The number of amides is 1. The lowest BCUT2D eigenvalue weighted by Gasteiger charge is -2.31. The van der Waals surface area contributed by atoms with Gasteiger partial charge in [0.15, 0.2) is 0 Å². The summed E-state index contributed by atoms with van der Waals surface area (Å²) < 4.78 is 16.3. The third-order valence-corrected chi connectivity index (χ3v) is 6.53. The number of aliphatic hydroxyl groups excluding tert-OH is 1. The fourth-order valence-corrected chi connectivity index (χ4v) is 4.61. The fraction of sp³-hybridized carbons (Fsp3) is 0.357. The number of nitrogens with zero attached hydrogens (tertiary/aromatic N) is 2. The lowest BCUT2D eigenvalue weighted by atomic mass is 9.94. The maximum absolute atomic E-state index is 13.3. The summed E-state index contributed by atoms with van der Waals surface area (Å²) >= 11 is 0. The summed E-state index contributed by atoms with van der Waals surface area (Å²) in [5, 5.41) is 11.3. The van der Waals surface area contributed by atoms with E-state index in [2.05, 4.69) is 11.5 Å². The monoisotopic (exact) mass is 492 g/mol. The van der Waals surface area contributed by atoms with Crippen molar-refractivity contribution >= 4 is 17.4 Å². The number of carbonyl (C=O) groups excluding carboxylic acids is 2. The standard InChI is InChI=1S/C28H32N2O6/c1-4-15-36-22-8-5-20(6-9-22)25-24(26(31)21-7-10-23(34-3)19(2)18-21)27(32)28(33)30(25)12-11-29-13-16-35-17-14-29/h4-10,18,25,31H,1,11-17H2,2-3H3. The van der Waals surface area contributed by atoms with Crippen LogP contribution in [0.25, 0.3) is 5.76 Å². The molecule has 0 saturated carbocycles. The summed E-state index contributed by atoms with van der Waals surface area (Å²) in [4.78, 5) is 30.3. The van der Waals surface area contributed by atoms with Gasteiger partial charge in [-0.3, -0.25) is 14.5 Å². The first-order chi connectivity index (χ1) is 17.4. The Morgan fingerprint density at radius 2 is 1.86 bits per heavy atom. The molecule has 0 bridgehead atoms. The van der Waals surface area contributed by atoms with Crippen molar-refractivity contribution in [2.45, 2.75) is 13.0 Å². The molecule has 1 atom stereocenters. The molecule has 0 aliphatic carbocycles. The van der Waals surface area contributed by atoms with Crippen LogP contribution in [-0.4, -0.2) is 79.7 Å². The molecule has 190 valence electrons. The molecule has 2 aliphatic rings. The van der Waals surface area contributed by atoms with E-state index in [-0.39, 0.29) is 11.3 Å². The molecule has 8 heteroatoms. The molecule has 0 radical (unpaired) electrons. The largest absolute Gasteiger partial charge is 0.507 e. The van der Waals surface area contributed by atoms with Gasteiger partial charge in [-0.05, 0) is 48.4 Å². The summed E-state index contributed by atoms with van der Waals surface area (Å²) in [6.45, 7) is 9.67. The fourth-order valence-electron chi connectivity index (χ4n) is 4.61. The first kappa shape index (κ1) is 25.5. The molecular formula is C28H32N2O6. The van der Waals surface area contributed by atoms with Gasteiger partial charge in [0, 0.05) is 31.7 Å². The number of Topliss-reactive ketones (excluding diaryl/α,β-unsaturated/α-hetero) is 1. The lowest BCUT2D eigenvalue weighted by Crippen LogP contribution is -2.42. The zero-order valence-electron chi connectivity index (χ0n) is 20.7. The number of hydrogen-bond acceptors (Lipinski definition) is 7. The number of aliphatic hydroxyl groups is 1. The van der Waals surface area contributed by atoms with Crippen molar-refractivity contribution in [1.29, 1.82) is 0 Å². The Bertz CT molecular complexity index is 1150. The number of morpholine rings is 1. The van der Waals surface area contributed by atoms with Crippen molar-refractivity contribution in [3.63, 3.8) is 0 Å². The van der Waals surface area contributed by atoms with Gasteiger partial charge in [-0.2, -0.15) is 0 Å². The molecule has 2 saturated heterocycles. The van der Waals surface area contributed by atoms with Gasteiger partial charge < -0.3 is 24.2 Å². The maximum atomic E-state index is 13.3. The van der Waals surface area contributed by atoms with Crippen LogP contribution in [0.2, 0.25) is 0 Å². The predicted octanol–water partition coefficient (Wildman–Crippen LogP) is 3.32. The predicted molar refractivity (Wildman–Crippen MR) is 136 cm³/mol. The van der Waals surface area contributed by atoms with Crippen LogP contribution < -0.4 is 9.47 Å². The zero-order chi connectivity index (χ0) is 25.7. The van der Waals surface area contributed by atoms with Gasteiger partial charge in [0.05, 0.1) is 31.9 Å². The van der Waals surface area contributed by atoms with Crippen LogP contribution in [0, 0.1) is 6.92 Å². The minimum Gasteiger partial charge on any atom is -0.507 e. The van der Waals surface area contributed by atoms with Crippen molar-refractivity contribution in [1.82, 2.24) is 9.80 Å². The first-order valence-electron chi connectivity index (χ1n) is 12.0. The molecule has 2 aromatic rings. The average molecular weight is 493 g/mol. The molecule has 1 amide bonds. The highest BCUT2D eigenvalue weighted by atomic mass is 16.5. The van der Waals surface area contributed by atoms with E-state index in [4.69, 9.17) is 14.2 Å². The third-order valence-electron chi connectivity index (χ3n) is 6.53. The van der Waals surface area contributed by atoms with Gasteiger partial charge in [-0.25, -0.2) is 0 Å². The number of benzene rings is 2. The molecule has 4 rings (SSSR count). The molecule has 2 fully saturated rings. The Balaban J connectivity index is 1.72. The minimum atomic E-state index is -0.720. The molecular weight excluding hydrogens is 460 g/mol. The van der Waals surface area contributed by atoms with Crippen LogP contribution in [0.1, 0.15) is 22.7 Å². The van der Waals surface area contributed by atoms with Crippen LogP contribution >= 0.6 is 0 Å². The van der Waals surface area contributed by atoms with Gasteiger partial charge in [-0.15, -0.1) is 0 Å². The Hall–Kier alpha value is -3.62. The number of aryl methyl sites for hydroxylation is 1. The number of ether oxygens (including phenoxy) is 3. The van der Waals surface area contributed by atoms with Gasteiger partial charge >= 0.3 is 0 Å². The number of hydrogen-bond donors (Lipinski definition) is 1. The van der Waals surface area contributed by atoms with E-state index in [1.54, 1.807) is 48.4 Å². The summed E-state index contributed by atoms with van der Waals surface area (Å²) in [6, 6.07) is 11.7. The topological polar surface area (TPSA) is 88.5 Å². The van der Waals surface area contributed by atoms with Crippen molar-refractivity contribution < 1.29 is 28.9 Å². The second-order valence-corrected chi connectivity index (χ2v) is 8.80. The zero-order valence-corrected chi connectivity index (χ0v) is 20.7. The molecule has 1 N–H and O–H groups in total. The van der Waals surface area contributed by atoms with Crippen LogP contribution in [0.3, 0.4) is 0 Å². The van der Waals surface area contributed by atoms with E-state index in [0.717, 1.165) is 18.7 Å².